The van der Waals surface area contributed by atoms with Gasteiger partial charge in [-0.3, -0.25) is 14.4 Å². The maximum absolute atomic E-state index is 13.9. The summed E-state index contributed by atoms with van der Waals surface area (Å²) < 4.78 is 11.9. The highest BCUT2D eigenvalue weighted by Crippen LogP contribution is 2.76. The molecule has 5 rings (SSSR count). The van der Waals surface area contributed by atoms with Gasteiger partial charge in [-0.2, -0.15) is 0 Å². The molecule has 8 atom stereocenters. The van der Waals surface area contributed by atoms with E-state index >= 15 is 0 Å². The lowest BCUT2D eigenvalue weighted by molar-refractivity contribution is -0.232. The molecule has 0 heterocycles. The maximum Gasteiger partial charge on any atom is 0.407 e. The van der Waals surface area contributed by atoms with Crippen molar-refractivity contribution in [2.24, 2.45) is 50.7 Å². The van der Waals surface area contributed by atoms with Crippen molar-refractivity contribution in [3.63, 3.8) is 0 Å². The van der Waals surface area contributed by atoms with Gasteiger partial charge in [0.1, 0.15) is 6.10 Å². The number of aliphatic carboxylic acids is 1. The average molecular weight is 698 g/mol. The number of carboxylic acids is 1. The summed E-state index contributed by atoms with van der Waals surface area (Å²) in [5.74, 6) is -0.0822. The number of unbranched alkanes of at least 4 members (excludes halogenated alkanes) is 3. The van der Waals surface area contributed by atoms with Gasteiger partial charge in [-0.25, -0.2) is 4.79 Å². The van der Waals surface area contributed by atoms with Gasteiger partial charge in [-0.05, 0) is 123 Å². The Morgan fingerprint density at radius 2 is 1.60 bits per heavy atom. The van der Waals surface area contributed by atoms with Gasteiger partial charge in [0, 0.05) is 11.8 Å². The molecule has 8 heteroatoms. The van der Waals surface area contributed by atoms with Crippen LogP contribution in [0.4, 0.5) is 4.79 Å². The molecule has 5 aliphatic rings. The average Bonchev–Trinajstić information content (AvgIpc) is 3.30. The Balaban J connectivity index is 1.40. The van der Waals surface area contributed by atoms with E-state index in [0.29, 0.717) is 24.9 Å². The number of esters is 1. The lowest BCUT2D eigenvalue weighted by Crippen LogP contribution is -2.67. The number of carbonyl (C=O) groups is 4. The van der Waals surface area contributed by atoms with Crippen LogP contribution in [0.15, 0.2) is 11.1 Å². The van der Waals surface area contributed by atoms with E-state index in [0.717, 1.165) is 82.6 Å². The summed E-state index contributed by atoms with van der Waals surface area (Å²) in [6.07, 6.45) is 11.3. The van der Waals surface area contributed by atoms with E-state index in [1.54, 1.807) is 13.8 Å². The minimum atomic E-state index is -1.17. The number of hydrogen-bond acceptors (Lipinski definition) is 6. The highest BCUT2D eigenvalue weighted by Gasteiger charge is 2.70. The highest BCUT2D eigenvalue weighted by molar-refractivity contribution is 6.02. The Labute approximate surface area is 301 Å². The van der Waals surface area contributed by atoms with Crippen LogP contribution in [0.25, 0.3) is 0 Å². The molecule has 282 valence electrons. The lowest BCUT2D eigenvalue weighted by atomic mass is 9.33. The van der Waals surface area contributed by atoms with Gasteiger partial charge in [0.15, 0.2) is 5.78 Å². The van der Waals surface area contributed by atoms with E-state index < -0.39 is 22.9 Å². The second-order valence-corrected chi connectivity index (χ2v) is 19.3. The van der Waals surface area contributed by atoms with Crippen LogP contribution in [-0.4, -0.2) is 47.2 Å². The summed E-state index contributed by atoms with van der Waals surface area (Å²) in [5.41, 5.74) is 0.147. The summed E-state index contributed by atoms with van der Waals surface area (Å²) in [6, 6.07) is 0. The second kappa shape index (κ2) is 13.5. The number of nitrogens with one attached hydrogen (secondary N) is 1. The highest BCUT2D eigenvalue weighted by atomic mass is 16.6. The Kier molecular flexibility index (Phi) is 10.5. The Bertz CT molecular complexity index is 1400. The van der Waals surface area contributed by atoms with E-state index in [-0.39, 0.29) is 57.9 Å². The number of carboxylic acid groups (broad SMARTS) is 1. The zero-order valence-corrected chi connectivity index (χ0v) is 32.9. The summed E-state index contributed by atoms with van der Waals surface area (Å²) in [7, 11) is 0. The van der Waals surface area contributed by atoms with Crippen molar-refractivity contribution in [3.05, 3.63) is 11.1 Å². The van der Waals surface area contributed by atoms with Crippen LogP contribution in [0.1, 0.15) is 159 Å². The van der Waals surface area contributed by atoms with Gasteiger partial charge in [-0.1, -0.05) is 74.7 Å². The Morgan fingerprint density at radius 3 is 2.24 bits per heavy atom. The second-order valence-electron chi connectivity index (χ2n) is 19.3. The molecule has 4 saturated carbocycles. The van der Waals surface area contributed by atoms with Gasteiger partial charge in [-0.15, -0.1) is 0 Å². The molecule has 0 bridgehead atoms. The van der Waals surface area contributed by atoms with Crippen molar-refractivity contribution in [1.82, 2.24) is 5.32 Å². The topological polar surface area (TPSA) is 119 Å². The molecule has 0 radical (unpaired) electrons. The van der Waals surface area contributed by atoms with Crippen LogP contribution < -0.4 is 5.32 Å². The standard InChI is InChI=1S/C42H67NO7/c1-11-12-13-14-23-49-36(48)43-42-22-21-40(9)27(34(42)33(26(2)3)28(44)24-42)15-16-30-39(8)19-18-31(50-32(45)25-37(4,5)35(46)47)38(6,7)29(39)17-20-41(30,40)10/h26-27,29-31H,11-25H2,1-10H3,(H,43,48)(H,46,47)/t27?,29?,30?,31-,39-,40+,41+,42?/m0/s1. The van der Waals surface area contributed by atoms with Gasteiger partial charge >= 0.3 is 18.0 Å². The summed E-state index contributed by atoms with van der Waals surface area (Å²) in [4.78, 5) is 51.9. The molecule has 1 amide bonds. The molecule has 50 heavy (non-hydrogen) atoms. The minimum absolute atomic E-state index is 0.0326. The SMILES string of the molecule is CCCCCCOC(=O)NC12CC[C@]3(C)C(CCC4[C@@]5(C)CC[C@H](OC(=O)CC(C)(C)C(=O)O)C(C)(C)C5CC[C@]43C)C1=C(C(C)C)C(=O)C2. The number of carbonyl (C=O) groups excluding carboxylic acids is 3. The monoisotopic (exact) mass is 697 g/mol. The van der Waals surface area contributed by atoms with E-state index in [1.165, 1.54) is 5.57 Å². The third kappa shape index (κ3) is 6.24. The molecule has 0 aromatic heterocycles. The molecule has 5 aliphatic carbocycles. The molecular formula is C42H67NO7. The summed E-state index contributed by atoms with van der Waals surface area (Å²) >= 11 is 0. The van der Waals surface area contributed by atoms with Crippen molar-refractivity contribution >= 4 is 23.8 Å². The number of allylic oxidation sites excluding steroid dienone is 1. The largest absolute Gasteiger partial charge is 0.481 e. The first-order valence-electron chi connectivity index (χ1n) is 19.9. The molecule has 8 nitrogen and oxygen atoms in total. The zero-order valence-electron chi connectivity index (χ0n) is 32.9. The molecule has 0 aromatic carbocycles. The number of ketones is 1. The maximum atomic E-state index is 13.9. The number of Topliss-reactive ketones (excluding diaryl/α,β-unsaturated/α-hetero) is 1. The number of ether oxygens (including phenoxy) is 2. The fourth-order valence-corrected chi connectivity index (χ4v) is 12.5. The van der Waals surface area contributed by atoms with Crippen molar-refractivity contribution in [2.45, 2.75) is 171 Å². The molecular weight excluding hydrogens is 630 g/mol. The van der Waals surface area contributed by atoms with Crippen molar-refractivity contribution in [1.29, 1.82) is 0 Å². The van der Waals surface area contributed by atoms with Gasteiger partial charge in [0.25, 0.3) is 0 Å². The van der Waals surface area contributed by atoms with Crippen molar-refractivity contribution in [3.8, 4) is 0 Å². The van der Waals surface area contributed by atoms with E-state index in [1.807, 2.05) is 0 Å². The third-order valence-electron chi connectivity index (χ3n) is 15.4. The van der Waals surface area contributed by atoms with Crippen LogP contribution in [-0.2, 0) is 23.9 Å². The first-order chi connectivity index (χ1) is 23.2. The lowest BCUT2D eigenvalue weighted by Gasteiger charge is -2.72. The number of rotatable bonds is 11. The van der Waals surface area contributed by atoms with Crippen LogP contribution in [0.3, 0.4) is 0 Å². The van der Waals surface area contributed by atoms with Crippen molar-refractivity contribution < 1.29 is 33.8 Å². The van der Waals surface area contributed by atoms with E-state index in [2.05, 4.69) is 60.7 Å². The van der Waals surface area contributed by atoms with E-state index in [4.69, 9.17) is 9.47 Å². The molecule has 4 unspecified atom stereocenters. The number of fused-ring (bicyclic) bond motifs is 7. The quantitative estimate of drug-likeness (QED) is 0.163. The summed E-state index contributed by atoms with van der Waals surface area (Å²) in [6.45, 7) is 22.0. The first kappa shape index (κ1) is 38.8. The predicted octanol–water partition coefficient (Wildman–Crippen LogP) is 9.44. The molecule has 0 aromatic rings. The molecule has 0 spiro atoms. The van der Waals surface area contributed by atoms with Gasteiger partial charge in [0.2, 0.25) is 0 Å². The van der Waals surface area contributed by atoms with Gasteiger partial charge in [0.05, 0.1) is 24.0 Å². The normalized spacial score (nSPS) is 37.7. The smallest absolute Gasteiger partial charge is 0.407 e. The summed E-state index contributed by atoms with van der Waals surface area (Å²) in [5, 5.41) is 12.9. The third-order valence-corrected chi connectivity index (χ3v) is 15.4. The van der Waals surface area contributed by atoms with Gasteiger partial charge < -0.3 is 19.9 Å². The fraction of sp³-hybridized carbons (Fsp3) is 0.857. The number of hydrogen-bond donors (Lipinski definition) is 2. The van der Waals surface area contributed by atoms with Crippen LogP contribution in [0.5, 0.6) is 0 Å². The van der Waals surface area contributed by atoms with Crippen molar-refractivity contribution in [2.75, 3.05) is 6.61 Å². The molecule has 0 aliphatic heterocycles. The number of amides is 1. The molecule has 0 saturated heterocycles. The number of alkyl carbamates (subject to hydrolysis) is 1. The zero-order chi connectivity index (χ0) is 37.1. The first-order valence-corrected chi connectivity index (χ1v) is 19.9. The van der Waals surface area contributed by atoms with Crippen LogP contribution in [0, 0.1) is 50.7 Å². The Morgan fingerprint density at radius 1 is 0.900 bits per heavy atom. The molecule has 4 fully saturated rings. The Hall–Kier alpha value is -2.38. The fourth-order valence-electron chi connectivity index (χ4n) is 12.5. The predicted molar refractivity (Wildman–Crippen MR) is 194 cm³/mol. The van der Waals surface area contributed by atoms with Crippen LogP contribution >= 0.6 is 0 Å². The van der Waals surface area contributed by atoms with E-state index in [9.17, 15) is 24.3 Å². The molecule has 2 N–H and O–H groups in total. The van der Waals surface area contributed by atoms with Crippen LogP contribution in [0.2, 0.25) is 0 Å². The minimum Gasteiger partial charge on any atom is -0.481 e.